The van der Waals surface area contributed by atoms with E-state index in [0.717, 1.165) is 12.1 Å². The fraction of sp³-hybridized carbons (Fsp3) is 0.0625. The quantitative estimate of drug-likeness (QED) is 0.704. The molecule has 0 fully saturated rings. The van der Waals surface area contributed by atoms with Gasteiger partial charge in [0.2, 0.25) is 0 Å². The molecule has 0 saturated heterocycles. The molecule has 117 valence electrons. The Hall–Kier alpha value is -3.22. The van der Waals surface area contributed by atoms with Gasteiger partial charge in [-0.2, -0.15) is 0 Å². The molecule has 0 saturated carbocycles. The predicted octanol–water partition coefficient (Wildman–Crippen LogP) is 1.49. The smallest absolute Gasteiger partial charge is 0.319 e. The molecule has 0 spiro atoms. The summed E-state index contributed by atoms with van der Waals surface area (Å²) >= 11 is 0. The van der Waals surface area contributed by atoms with Crippen LogP contribution in [-0.4, -0.2) is 23.2 Å². The number of carbonyl (C=O) groups excluding carboxylic acids is 3. The Morgan fingerprint density at radius 1 is 1.13 bits per heavy atom. The van der Waals surface area contributed by atoms with Crippen LogP contribution >= 0.6 is 0 Å². The number of benzene rings is 1. The van der Waals surface area contributed by atoms with Gasteiger partial charge >= 0.3 is 6.03 Å². The molecule has 0 aliphatic rings. The monoisotopic (exact) mass is 311 g/mol. The maximum absolute atomic E-state index is 11.8. The number of aldehydes is 1. The van der Waals surface area contributed by atoms with Gasteiger partial charge in [-0.05, 0) is 35.9 Å². The summed E-state index contributed by atoms with van der Waals surface area (Å²) < 4.78 is 0. The van der Waals surface area contributed by atoms with Crippen molar-refractivity contribution >= 4 is 23.9 Å². The zero-order valence-electron chi connectivity index (χ0n) is 12.2. The number of anilines is 1. The van der Waals surface area contributed by atoms with Gasteiger partial charge < -0.3 is 20.7 Å². The lowest BCUT2D eigenvalue weighted by Gasteiger charge is -2.09. The molecule has 23 heavy (non-hydrogen) atoms. The molecule has 0 aliphatic heterocycles. The molecule has 3 amide bonds. The Kier molecular flexibility index (Phi) is 5.81. The molecule has 1 radical (unpaired) electrons. The molecule has 0 atom stereocenters. The van der Waals surface area contributed by atoms with Gasteiger partial charge in [0.1, 0.15) is 12.8 Å². The molecule has 1 aromatic carbocycles. The molecule has 3 N–H and O–H groups in total. The number of aromatic nitrogens is 1. The predicted molar refractivity (Wildman–Crippen MR) is 84.4 cm³/mol. The lowest BCUT2D eigenvalue weighted by atomic mass is 10.2. The van der Waals surface area contributed by atoms with E-state index in [-0.39, 0.29) is 6.03 Å². The van der Waals surface area contributed by atoms with Crippen molar-refractivity contribution in [1.82, 2.24) is 15.6 Å². The van der Waals surface area contributed by atoms with Gasteiger partial charge in [-0.1, -0.05) is 6.07 Å². The van der Waals surface area contributed by atoms with Crippen LogP contribution in [0.2, 0.25) is 0 Å². The summed E-state index contributed by atoms with van der Waals surface area (Å²) in [7, 11) is 0. The lowest BCUT2D eigenvalue weighted by molar-refractivity contribution is -0.105. The van der Waals surface area contributed by atoms with Crippen LogP contribution in [0.25, 0.3) is 0 Å². The highest BCUT2D eigenvalue weighted by atomic mass is 16.2. The van der Waals surface area contributed by atoms with Crippen molar-refractivity contribution in [2.45, 2.75) is 6.54 Å². The summed E-state index contributed by atoms with van der Waals surface area (Å²) in [6.07, 6.45) is 3.77. The minimum Gasteiger partial charge on any atom is -0.340 e. The Balaban J connectivity index is 1.90. The van der Waals surface area contributed by atoms with Crippen LogP contribution in [0.5, 0.6) is 0 Å². The summed E-state index contributed by atoms with van der Waals surface area (Å²) in [6.45, 7) is 1.37. The average Bonchev–Trinajstić information content (AvgIpc) is 2.59. The van der Waals surface area contributed by atoms with Gasteiger partial charge in [0.05, 0.1) is 0 Å². The number of hydrogen-bond acceptors (Lipinski definition) is 4. The summed E-state index contributed by atoms with van der Waals surface area (Å²) in [5.74, 6) is -0.432. The number of hydrogen-bond donors (Lipinski definition) is 3. The van der Waals surface area contributed by atoms with Crippen LogP contribution in [0.3, 0.4) is 0 Å². The SMILES string of the molecule is O=C[CH]NC(=O)c1cccc(NC(=O)NCc2ccncc2)c1. The van der Waals surface area contributed by atoms with E-state index >= 15 is 0 Å². The lowest BCUT2D eigenvalue weighted by Crippen LogP contribution is -2.28. The van der Waals surface area contributed by atoms with Crippen LogP contribution in [0.4, 0.5) is 10.5 Å². The maximum Gasteiger partial charge on any atom is 0.319 e. The third kappa shape index (κ3) is 5.24. The second-order valence-corrected chi connectivity index (χ2v) is 4.52. The number of nitrogens with zero attached hydrogens (tertiary/aromatic N) is 1. The maximum atomic E-state index is 11.8. The van der Waals surface area contributed by atoms with Crippen molar-refractivity contribution in [2.75, 3.05) is 5.32 Å². The van der Waals surface area contributed by atoms with Gasteiger partial charge in [-0.3, -0.25) is 9.78 Å². The Morgan fingerprint density at radius 2 is 1.91 bits per heavy atom. The molecular formula is C16H15N4O3. The van der Waals surface area contributed by atoms with Crippen LogP contribution in [0, 0.1) is 6.54 Å². The van der Waals surface area contributed by atoms with Crippen LogP contribution in [0.15, 0.2) is 48.8 Å². The van der Waals surface area contributed by atoms with Crippen molar-refractivity contribution in [2.24, 2.45) is 0 Å². The summed E-state index contributed by atoms with van der Waals surface area (Å²) in [4.78, 5) is 37.7. The summed E-state index contributed by atoms with van der Waals surface area (Å²) in [5, 5.41) is 7.65. The first-order valence-electron chi connectivity index (χ1n) is 6.80. The van der Waals surface area contributed by atoms with E-state index in [0.29, 0.717) is 24.1 Å². The third-order valence-electron chi connectivity index (χ3n) is 2.87. The molecular weight excluding hydrogens is 296 g/mol. The molecule has 0 unspecified atom stereocenters. The molecule has 1 heterocycles. The Labute approximate surface area is 133 Å². The van der Waals surface area contributed by atoms with Gasteiger partial charge in [-0.15, -0.1) is 0 Å². The average molecular weight is 311 g/mol. The molecule has 0 bridgehead atoms. The topological polar surface area (TPSA) is 100 Å². The van der Waals surface area contributed by atoms with E-state index in [1.54, 1.807) is 42.7 Å². The van der Waals surface area contributed by atoms with E-state index in [2.05, 4.69) is 20.9 Å². The molecule has 2 aromatic rings. The first-order chi connectivity index (χ1) is 11.2. The zero-order valence-corrected chi connectivity index (χ0v) is 12.2. The highest BCUT2D eigenvalue weighted by Crippen LogP contribution is 2.10. The zero-order chi connectivity index (χ0) is 16.5. The number of rotatable bonds is 6. The van der Waals surface area contributed by atoms with E-state index in [1.807, 2.05) is 0 Å². The van der Waals surface area contributed by atoms with E-state index in [1.165, 1.54) is 6.07 Å². The minimum absolute atomic E-state index is 0.329. The summed E-state index contributed by atoms with van der Waals surface area (Å²) in [5.41, 5.74) is 1.72. The van der Waals surface area contributed by atoms with Crippen molar-refractivity contribution in [3.05, 3.63) is 66.5 Å². The van der Waals surface area contributed by atoms with Gasteiger partial charge in [-0.25, -0.2) is 4.79 Å². The highest BCUT2D eigenvalue weighted by Gasteiger charge is 2.07. The second-order valence-electron chi connectivity index (χ2n) is 4.52. The number of amides is 3. The third-order valence-corrected chi connectivity index (χ3v) is 2.87. The standard InChI is InChI=1S/C16H15N4O3/c21-9-8-18-15(22)13-2-1-3-14(10-13)20-16(23)19-11-12-4-6-17-7-5-12/h1-10H,11H2,(H,18,22)(H2,19,20,23). The number of carbonyl (C=O) groups is 3. The van der Waals surface area contributed by atoms with Crippen LogP contribution < -0.4 is 16.0 Å². The van der Waals surface area contributed by atoms with Crippen molar-refractivity contribution in [3.63, 3.8) is 0 Å². The molecule has 1 aromatic heterocycles. The normalized spacial score (nSPS) is 9.74. The Morgan fingerprint density at radius 3 is 2.65 bits per heavy atom. The van der Waals surface area contributed by atoms with Crippen molar-refractivity contribution < 1.29 is 14.4 Å². The van der Waals surface area contributed by atoms with Crippen molar-refractivity contribution in [3.8, 4) is 0 Å². The Bertz CT molecular complexity index is 689. The van der Waals surface area contributed by atoms with Crippen LogP contribution in [-0.2, 0) is 11.3 Å². The highest BCUT2D eigenvalue weighted by molar-refractivity contribution is 5.98. The van der Waals surface area contributed by atoms with Crippen molar-refractivity contribution in [1.29, 1.82) is 0 Å². The van der Waals surface area contributed by atoms with Crippen LogP contribution in [0.1, 0.15) is 15.9 Å². The van der Waals surface area contributed by atoms with E-state index in [4.69, 9.17) is 0 Å². The molecule has 7 heteroatoms. The first kappa shape index (κ1) is 16.2. The molecule has 7 nitrogen and oxygen atoms in total. The van der Waals surface area contributed by atoms with Gasteiger partial charge in [0, 0.05) is 30.2 Å². The second kappa shape index (κ2) is 8.28. The first-order valence-corrected chi connectivity index (χ1v) is 6.80. The van der Waals surface area contributed by atoms with E-state index < -0.39 is 5.91 Å². The van der Waals surface area contributed by atoms with Gasteiger partial charge in [0.25, 0.3) is 5.91 Å². The molecule has 0 aliphatic carbocycles. The number of pyridine rings is 1. The largest absolute Gasteiger partial charge is 0.340 e. The van der Waals surface area contributed by atoms with E-state index in [9.17, 15) is 14.4 Å². The summed E-state index contributed by atoms with van der Waals surface area (Å²) in [6, 6.07) is 9.59. The van der Waals surface area contributed by atoms with Gasteiger partial charge in [0.15, 0.2) is 0 Å². The minimum atomic E-state index is -0.432. The number of nitrogens with one attached hydrogen (secondary N) is 3. The fourth-order valence-corrected chi connectivity index (χ4v) is 1.79. The molecule has 2 rings (SSSR count). The number of urea groups is 1. The fourth-order valence-electron chi connectivity index (χ4n) is 1.79.